The molecule has 0 aliphatic carbocycles. The molecule has 2 aromatic rings. The Bertz CT molecular complexity index is 1090. The van der Waals surface area contributed by atoms with E-state index in [1.54, 1.807) is 12.3 Å². The third-order valence-electron chi connectivity index (χ3n) is 5.41. The van der Waals surface area contributed by atoms with Crippen LogP contribution in [0.25, 0.3) is 0 Å². The highest BCUT2D eigenvalue weighted by molar-refractivity contribution is 7.92. The van der Waals surface area contributed by atoms with Crippen LogP contribution in [-0.4, -0.2) is 51.9 Å². The van der Waals surface area contributed by atoms with E-state index in [4.69, 9.17) is 14.0 Å². The van der Waals surface area contributed by atoms with Crippen molar-refractivity contribution in [2.75, 3.05) is 18.9 Å². The number of methoxy groups -OCH3 is 2. The van der Waals surface area contributed by atoms with Crippen molar-refractivity contribution in [2.24, 2.45) is 0 Å². The molecular weight excluding hydrogens is 423 g/mol. The number of carbonyl (C=O) groups excluding carboxylic acids is 1. The van der Waals surface area contributed by atoms with Crippen molar-refractivity contribution in [1.29, 1.82) is 0 Å². The zero-order valence-electron chi connectivity index (χ0n) is 18.3. The second-order valence-electron chi connectivity index (χ2n) is 8.06. The standard InChI is InChI=1S/C20H25BN2O7S/c1-19(2)20(3,4)30-21(29-19)14-10-15(12-22-11-14)23-31(25,26)17-9-13(18(24)28-6)7-8-16(17)27-5/h7-12,23H,1-6H3. The fraction of sp³-hybridized carbons (Fsp3) is 0.400. The maximum atomic E-state index is 13.0. The van der Waals surface area contributed by atoms with Crippen LogP contribution in [0.15, 0.2) is 41.6 Å². The molecule has 3 rings (SSSR count). The monoisotopic (exact) mass is 448 g/mol. The number of hydrogen-bond acceptors (Lipinski definition) is 8. The maximum Gasteiger partial charge on any atom is 0.496 e. The van der Waals surface area contributed by atoms with Gasteiger partial charge in [0.1, 0.15) is 10.6 Å². The largest absolute Gasteiger partial charge is 0.496 e. The van der Waals surface area contributed by atoms with Gasteiger partial charge in [-0.3, -0.25) is 9.71 Å². The topological polar surface area (TPSA) is 113 Å². The highest BCUT2D eigenvalue weighted by Gasteiger charge is 2.51. The number of nitrogens with zero attached hydrogens (tertiary/aromatic N) is 1. The van der Waals surface area contributed by atoms with E-state index in [-0.39, 0.29) is 21.9 Å². The average Bonchev–Trinajstić information content (AvgIpc) is 2.94. The molecule has 9 nitrogen and oxygen atoms in total. The fourth-order valence-electron chi connectivity index (χ4n) is 2.96. The van der Waals surface area contributed by atoms with Crippen LogP contribution in [0, 0.1) is 0 Å². The van der Waals surface area contributed by atoms with Crippen LogP contribution in [0.1, 0.15) is 38.1 Å². The number of pyridine rings is 1. The summed E-state index contributed by atoms with van der Waals surface area (Å²) in [5, 5.41) is 0. The van der Waals surface area contributed by atoms with Crippen molar-refractivity contribution in [3.8, 4) is 5.75 Å². The molecule has 1 aliphatic heterocycles. The molecule has 2 heterocycles. The molecule has 0 saturated carbocycles. The molecule has 31 heavy (non-hydrogen) atoms. The second-order valence-corrected chi connectivity index (χ2v) is 9.71. The van der Waals surface area contributed by atoms with Crippen molar-refractivity contribution < 1.29 is 32.0 Å². The minimum absolute atomic E-state index is 0.0766. The normalized spacial score (nSPS) is 17.3. The Morgan fingerprint density at radius 2 is 1.71 bits per heavy atom. The van der Waals surface area contributed by atoms with Gasteiger partial charge in [0.2, 0.25) is 0 Å². The molecule has 0 bridgehead atoms. The Hall–Kier alpha value is -2.63. The number of aromatic nitrogens is 1. The van der Waals surface area contributed by atoms with Gasteiger partial charge in [-0.05, 0) is 52.0 Å². The minimum atomic E-state index is -4.11. The molecule has 1 aliphatic rings. The van der Waals surface area contributed by atoms with Gasteiger partial charge in [-0.25, -0.2) is 13.2 Å². The summed E-state index contributed by atoms with van der Waals surface area (Å²) in [6, 6.07) is 5.59. The molecule has 0 spiro atoms. The number of hydrogen-bond donors (Lipinski definition) is 1. The fourth-order valence-corrected chi connectivity index (χ4v) is 4.19. The first-order chi connectivity index (χ1) is 14.4. The van der Waals surface area contributed by atoms with Crippen molar-refractivity contribution >= 4 is 34.3 Å². The SMILES string of the molecule is COC(=O)c1ccc(OC)c(S(=O)(=O)Nc2cncc(B3OC(C)(C)C(C)(C)O3)c2)c1. The molecule has 0 amide bonds. The quantitative estimate of drug-likeness (QED) is 0.527. The molecule has 166 valence electrons. The van der Waals surface area contributed by atoms with Crippen LogP contribution in [0.4, 0.5) is 5.69 Å². The van der Waals surface area contributed by atoms with Gasteiger partial charge in [-0.15, -0.1) is 0 Å². The van der Waals surface area contributed by atoms with Crippen LogP contribution in [0.5, 0.6) is 5.75 Å². The molecular formula is C20H25BN2O7S. The molecule has 1 saturated heterocycles. The lowest BCUT2D eigenvalue weighted by Gasteiger charge is -2.32. The lowest BCUT2D eigenvalue weighted by Crippen LogP contribution is -2.41. The number of sulfonamides is 1. The second kappa shape index (κ2) is 8.14. The molecule has 1 aromatic carbocycles. The molecule has 1 N–H and O–H groups in total. The summed E-state index contributed by atoms with van der Waals surface area (Å²) < 4.78 is 50.4. The van der Waals surface area contributed by atoms with Gasteiger partial charge in [0.05, 0.1) is 42.9 Å². The van der Waals surface area contributed by atoms with Gasteiger partial charge in [0, 0.05) is 11.7 Å². The number of benzene rings is 1. The molecule has 1 fully saturated rings. The summed E-state index contributed by atoms with van der Waals surface area (Å²) in [6.07, 6.45) is 2.92. The summed E-state index contributed by atoms with van der Waals surface area (Å²) in [6.45, 7) is 7.70. The summed E-state index contributed by atoms with van der Waals surface area (Å²) in [5.74, 6) is -0.584. The molecule has 11 heteroatoms. The van der Waals surface area contributed by atoms with E-state index in [1.165, 1.54) is 38.6 Å². The lowest BCUT2D eigenvalue weighted by atomic mass is 9.80. The van der Waals surface area contributed by atoms with Gasteiger partial charge in [0.25, 0.3) is 10.0 Å². The Morgan fingerprint density at radius 3 is 2.29 bits per heavy atom. The summed E-state index contributed by atoms with van der Waals surface area (Å²) in [5.41, 5.74) is -0.247. The average molecular weight is 448 g/mol. The zero-order valence-corrected chi connectivity index (χ0v) is 19.1. The third kappa shape index (κ3) is 4.53. The van der Waals surface area contributed by atoms with E-state index in [0.717, 1.165) is 0 Å². The Labute approximate surface area is 182 Å². The van der Waals surface area contributed by atoms with Gasteiger partial charge in [0.15, 0.2) is 0 Å². The predicted octanol–water partition coefficient (Wildman–Crippen LogP) is 1.98. The van der Waals surface area contributed by atoms with Gasteiger partial charge in [-0.2, -0.15) is 0 Å². The predicted molar refractivity (Wildman–Crippen MR) is 115 cm³/mol. The van der Waals surface area contributed by atoms with E-state index in [9.17, 15) is 13.2 Å². The van der Waals surface area contributed by atoms with E-state index in [0.29, 0.717) is 5.46 Å². The first-order valence-electron chi connectivity index (χ1n) is 9.50. The van der Waals surface area contributed by atoms with Crippen LogP contribution >= 0.6 is 0 Å². The minimum Gasteiger partial charge on any atom is -0.495 e. The smallest absolute Gasteiger partial charge is 0.495 e. The van der Waals surface area contributed by atoms with E-state index >= 15 is 0 Å². The Morgan fingerprint density at radius 1 is 1.06 bits per heavy atom. The number of rotatable bonds is 6. The summed E-state index contributed by atoms with van der Waals surface area (Å²) >= 11 is 0. The number of esters is 1. The third-order valence-corrected chi connectivity index (χ3v) is 6.81. The number of ether oxygens (including phenoxy) is 2. The van der Waals surface area contributed by atoms with Crippen molar-refractivity contribution in [2.45, 2.75) is 43.8 Å². The van der Waals surface area contributed by atoms with Crippen LogP contribution in [0.2, 0.25) is 0 Å². The van der Waals surface area contributed by atoms with Gasteiger partial charge >= 0.3 is 13.1 Å². The first-order valence-corrected chi connectivity index (χ1v) is 11.0. The lowest BCUT2D eigenvalue weighted by molar-refractivity contribution is 0.00578. The van der Waals surface area contributed by atoms with Crippen molar-refractivity contribution in [1.82, 2.24) is 4.98 Å². The Balaban J connectivity index is 1.91. The number of anilines is 1. The van der Waals surface area contributed by atoms with Crippen molar-refractivity contribution in [3.05, 3.63) is 42.2 Å². The first kappa shape index (κ1) is 23.0. The van der Waals surface area contributed by atoms with Crippen LogP contribution < -0.4 is 14.9 Å². The number of nitrogens with one attached hydrogen (secondary N) is 1. The molecule has 0 atom stereocenters. The molecule has 0 radical (unpaired) electrons. The highest BCUT2D eigenvalue weighted by atomic mass is 32.2. The van der Waals surface area contributed by atoms with Gasteiger partial charge < -0.3 is 18.8 Å². The number of carbonyl (C=O) groups is 1. The summed E-state index contributed by atoms with van der Waals surface area (Å²) in [7, 11) is -2.25. The van der Waals surface area contributed by atoms with E-state index < -0.39 is 34.3 Å². The van der Waals surface area contributed by atoms with E-state index in [1.807, 2.05) is 27.7 Å². The maximum absolute atomic E-state index is 13.0. The highest BCUT2D eigenvalue weighted by Crippen LogP contribution is 2.36. The molecule has 0 unspecified atom stereocenters. The Kier molecular flexibility index (Phi) is 6.05. The van der Waals surface area contributed by atoms with Gasteiger partial charge in [-0.1, -0.05) is 0 Å². The van der Waals surface area contributed by atoms with Crippen LogP contribution in [0.3, 0.4) is 0 Å². The van der Waals surface area contributed by atoms with Crippen molar-refractivity contribution in [3.63, 3.8) is 0 Å². The zero-order chi connectivity index (χ0) is 23.0. The summed E-state index contributed by atoms with van der Waals surface area (Å²) in [4.78, 5) is 15.7. The van der Waals surface area contributed by atoms with E-state index in [2.05, 4.69) is 14.4 Å². The molecule has 1 aromatic heterocycles. The van der Waals surface area contributed by atoms with Crippen LogP contribution in [-0.2, 0) is 24.1 Å².